The second-order valence-electron chi connectivity index (χ2n) is 2.97. The Balaban J connectivity index is 2.32. The van der Waals surface area contributed by atoms with Crippen LogP contribution >= 0.6 is 0 Å². The van der Waals surface area contributed by atoms with E-state index in [-0.39, 0.29) is 11.9 Å². The highest BCUT2D eigenvalue weighted by Gasteiger charge is 2.22. The van der Waals surface area contributed by atoms with Gasteiger partial charge in [0.15, 0.2) is 0 Å². The molecule has 0 radical (unpaired) electrons. The fourth-order valence-electron chi connectivity index (χ4n) is 1.22. The van der Waals surface area contributed by atoms with Crippen LogP contribution in [0.1, 0.15) is 12.8 Å². The van der Waals surface area contributed by atoms with Gasteiger partial charge in [-0.2, -0.15) is 0 Å². The number of hydrogen-bond donors (Lipinski definition) is 2. The van der Waals surface area contributed by atoms with Gasteiger partial charge in [0, 0.05) is 26.1 Å². The van der Waals surface area contributed by atoms with Crippen molar-refractivity contribution in [1.29, 1.82) is 0 Å². The number of likely N-dealkylation sites (N-methyl/N-ethyl adjacent to an activating group) is 1. The van der Waals surface area contributed by atoms with Crippen molar-refractivity contribution >= 4 is 12.0 Å². The molecule has 5 nitrogen and oxygen atoms in total. The van der Waals surface area contributed by atoms with E-state index in [0.29, 0.717) is 13.0 Å². The second kappa shape index (κ2) is 3.42. The van der Waals surface area contributed by atoms with E-state index in [1.807, 2.05) is 0 Å². The maximum Gasteiger partial charge on any atom is 0.407 e. The van der Waals surface area contributed by atoms with Crippen LogP contribution in [0.5, 0.6) is 0 Å². The quantitative estimate of drug-likeness (QED) is 0.609. The first-order chi connectivity index (χ1) is 5.59. The average molecular weight is 172 g/mol. The van der Waals surface area contributed by atoms with Gasteiger partial charge in [0.25, 0.3) is 0 Å². The van der Waals surface area contributed by atoms with Gasteiger partial charge < -0.3 is 15.3 Å². The Morgan fingerprint density at radius 2 is 2.50 bits per heavy atom. The van der Waals surface area contributed by atoms with E-state index in [1.165, 1.54) is 11.9 Å². The molecule has 5 heteroatoms. The normalized spacial score (nSPS) is 22.1. The number of nitrogens with zero attached hydrogens (tertiary/aromatic N) is 1. The van der Waals surface area contributed by atoms with Crippen molar-refractivity contribution in [3.63, 3.8) is 0 Å². The molecule has 68 valence electrons. The highest BCUT2D eigenvalue weighted by Crippen LogP contribution is 2.07. The van der Waals surface area contributed by atoms with Crippen LogP contribution in [-0.4, -0.2) is 41.6 Å². The largest absolute Gasteiger partial charge is 0.465 e. The summed E-state index contributed by atoms with van der Waals surface area (Å²) in [6.07, 6.45) is 0.283. The Labute approximate surface area is 70.4 Å². The first kappa shape index (κ1) is 8.83. The number of hydrogen-bond acceptors (Lipinski definition) is 2. The van der Waals surface area contributed by atoms with E-state index >= 15 is 0 Å². The monoisotopic (exact) mass is 172 g/mol. The molecule has 2 amide bonds. The minimum atomic E-state index is -0.962. The maximum atomic E-state index is 10.7. The van der Waals surface area contributed by atoms with Crippen molar-refractivity contribution in [2.75, 3.05) is 13.6 Å². The van der Waals surface area contributed by atoms with Crippen molar-refractivity contribution in [3.8, 4) is 0 Å². The van der Waals surface area contributed by atoms with Gasteiger partial charge in [-0.05, 0) is 6.42 Å². The van der Waals surface area contributed by atoms with Gasteiger partial charge >= 0.3 is 6.09 Å². The molecule has 12 heavy (non-hydrogen) atoms. The lowest BCUT2D eigenvalue weighted by Crippen LogP contribution is -2.39. The van der Waals surface area contributed by atoms with E-state index in [4.69, 9.17) is 5.11 Å². The van der Waals surface area contributed by atoms with Crippen molar-refractivity contribution < 1.29 is 14.7 Å². The standard InChI is InChI=1S/C7H12N2O3/c1-9(7(11)12)4-5-2-3-6(10)8-5/h5H,2-4H2,1H3,(H,8,10)(H,11,12). The summed E-state index contributed by atoms with van der Waals surface area (Å²) >= 11 is 0. The summed E-state index contributed by atoms with van der Waals surface area (Å²) in [6.45, 7) is 0.376. The number of carboxylic acid groups (broad SMARTS) is 1. The third-order valence-corrected chi connectivity index (χ3v) is 1.91. The average Bonchev–Trinajstić information content (AvgIpc) is 2.35. The van der Waals surface area contributed by atoms with Crippen LogP contribution in [0.3, 0.4) is 0 Å². The molecule has 0 saturated carbocycles. The fraction of sp³-hybridized carbons (Fsp3) is 0.714. The first-order valence-corrected chi connectivity index (χ1v) is 3.83. The summed E-state index contributed by atoms with van der Waals surface area (Å²) in [5.41, 5.74) is 0. The zero-order chi connectivity index (χ0) is 9.14. The number of carbonyl (C=O) groups excluding carboxylic acids is 1. The Bertz CT molecular complexity index is 205. The number of rotatable bonds is 2. The maximum absolute atomic E-state index is 10.7. The lowest BCUT2D eigenvalue weighted by atomic mass is 10.2. The van der Waals surface area contributed by atoms with E-state index in [1.54, 1.807) is 0 Å². The predicted molar refractivity (Wildman–Crippen MR) is 41.8 cm³/mol. The van der Waals surface area contributed by atoms with Crippen LogP contribution in [-0.2, 0) is 4.79 Å². The molecule has 0 aromatic carbocycles. The Morgan fingerprint density at radius 3 is 2.92 bits per heavy atom. The molecular weight excluding hydrogens is 160 g/mol. The summed E-state index contributed by atoms with van der Waals surface area (Å²) in [5, 5.41) is 11.2. The van der Waals surface area contributed by atoms with Gasteiger partial charge in [-0.15, -0.1) is 0 Å². The highest BCUT2D eigenvalue weighted by molar-refractivity contribution is 5.78. The number of carbonyl (C=O) groups is 2. The van der Waals surface area contributed by atoms with Gasteiger partial charge in [0.1, 0.15) is 0 Å². The molecule has 1 heterocycles. The Kier molecular flexibility index (Phi) is 2.52. The van der Waals surface area contributed by atoms with Crippen molar-refractivity contribution in [1.82, 2.24) is 10.2 Å². The molecule has 0 aliphatic carbocycles. The molecule has 1 fully saturated rings. The molecule has 1 aliphatic rings. The van der Waals surface area contributed by atoms with Crippen LogP contribution in [0.4, 0.5) is 4.79 Å². The molecule has 0 aromatic rings. The van der Waals surface area contributed by atoms with Crippen LogP contribution in [0.25, 0.3) is 0 Å². The Morgan fingerprint density at radius 1 is 1.83 bits per heavy atom. The summed E-state index contributed by atoms with van der Waals surface area (Å²) in [6, 6.07) is -0.00130. The molecule has 0 spiro atoms. The van der Waals surface area contributed by atoms with Crippen LogP contribution in [0, 0.1) is 0 Å². The lowest BCUT2D eigenvalue weighted by molar-refractivity contribution is -0.119. The summed E-state index contributed by atoms with van der Waals surface area (Å²) in [7, 11) is 1.49. The fourth-order valence-corrected chi connectivity index (χ4v) is 1.22. The highest BCUT2D eigenvalue weighted by atomic mass is 16.4. The topological polar surface area (TPSA) is 69.6 Å². The van der Waals surface area contributed by atoms with Crippen LogP contribution in [0.15, 0.2) is 0 Å². The molecule has 0 bridgehead atoms. The van der Waals surface area contributed by atoms with E-state index < -0.39 is 6.09 Å². The molecule has 2 N–H and O–H groups in total. The van der Waals surface area contributed by atoms with Crippen molar-refractivity contribution in [2.45, 2.75) is 18.9 Å². The third kappa shape index (κ3) is 2.11. The van der Waals surface area contributed by atoms with Gasteiger partial charge in [-0.3, -0.25) is 4.79 Å². The zero-order valence-electron chi connectivity index (χ0n) is 6.91. The van der Waals surface area contributed by atoms with Gasteiger partial charge in [-0.25, -0.2) is 4.79 Å². The van der Waals surface area contributed by atoms with Crippen LogP contribution < -0.4 is 5.32 Å². The molecular formula is C7H12N2O3. The first-order valence-electron chi connectivity index (χ1n) is 3.83. The number of amides is 2. The third-order valence-electron chi connectivity index (χ3n) is 1.91. The number of nitrogens with one attached hydrogen (secondary N) is 1. The SMILES string of the molecule is CN(CC1CCC(=O)N1)C(=O)O. The van der Waals surface area contributed by atoms with Gasteiger partial charge in [0.05, 0.1) is 0 Å². The molecule has 1 aliphatic heterocycles. The summed E-state index contributed by atoms with van der Waals surface area (Å²) in [4.78, 5) is 22.3. The van der Waals surface area contributed by atoms with E-state index in [0.717, 1.165) is 6.42 Å². The zero-order valence-corrected chi connectivity index (χ0v) is 6.91. The molecule has 0 aromatic heterocycles. The van der Waals surface area contributed by atoms with Gasteiger partial charge in [0.2, 0.25) is 5.91 Å². The Hall–Kier alpha value is -1.26. The van der Waals surface area contributed by atoms with Crippen LogP contribution in [0.2, 0.25) is 0 Å². The van der Waals surface area contributed by atoms with Crippen molar-refractivity contribution in [2.24, 2.45) is 0 Å². The second-order valence-corrected chi connectivity index (χ2v) is 2.97. The summed E-state index contributed by atoms with van der Waals surface area (Å²) < 4.78 is 0. The predicted octanol–water partition coefficient (Wildman–Crippen LogP) is -0.125. The summed E-state index contributed by atoms with van der Waals surface area (Å²) in [5.74, 6) is 0.0128. The minimum Gasteiger partial charge on any atom is -0.465 e. The van der Waals surface area contributed by atoms with E-state index in [2.05, 4.69) is 5.32 Å². The smallest absolute Gasteiger partial charge is 0.407 e. The minimum absolute atomic E-state index is 0.00130. The lowest BCUT2D eigenvalue weighted by Gasteiger charge is -2.17. The van der Waals surface area contributed by atoms with Crippen molar-refractivity contribution in [3.05, 3.63) is 0 Å². The molecule has 1 saturated heterocycles. The molecule has 1 rings (SSSR count). The molecule has 1 unspecified atom stereocenters. The van der Waals surface area contributed by atoms with Gasteiger partial charge in [-0.1, -0.05) is 0 Å². The van der Waals surface area contributed by atoms with E-state index in [9.17, 15) is 9.59 Å². The molecule has 1 atom stereocenters.